The second-order valence-electron chi connectivity index (χ2n) is 6.95. The Morgan fingerprint density at radius 2 is 1.56 bits per heavy atom. The largest absolute Gasteiger partial charge is 0.369 e. The Bertz CT molecular complexity index is 745. The molecule has 1 heterocycles. The minimum atomic E-state index is -0.215. The molecular weight excluding hydrogens is 341 g/mol. The fraction of sp³-hybridized carbons (Fsp3) is 0.409. The van der Waals surface area contributed by atoms with Crippen LogP contribution in [0.3, 0.4) is 0 Å². The average molecular weight is 369 g/mol. The van der Waals surface area contributed by atoms with E-state index in [9.17, 15) is 9.18 Å². The second kappa shape index (κ2) is 9.00. The Balaban J connectivity index is 1.55. The Kier molecular flexibility index (Phi) is 6.45. The first-order valence-corrected chi connectivity index (χ1v) is 9.74. The quantitative estimate of drug-likeness (QED) is 0.843. The van der Waals surface area contributed by atoms with Crippen molar-refractivity contribution in [2.75, 3.05) is 42.9 Å². The molecule has 5 heteroatoms. The second-order valence-corrected chi connectivity index (χ2v) is 6.95. The van der Waals surface area contributed by atoms with Gasteiger partial charge in [-0.1, -0.05) is 32.0 Å². The van der Waals surface area contributed by atoms with E-state index in [0.717, 1.165) is 50.4 Å². The van der Waals surface area contributed by atoms with E-state index in [1.807, 2.05) is 12.1 Å². The highest BCUT2D eigenvalue weighted by Gasteiger charge is 2.20. The summed E-state index contributed by atoms with van der Waals surface area (Å²) in [6, 6.07) is 12.8. The van der Waals surface area contributed by atoms with Gasteiger partial charge in [-0.25, -0.2) is 4.39 Å². The molecule has 1 amide bonds. The van der Waals surface area contributed by atoms with Crippen LogP contribution in [-0.2, 0) is 17.6 Å². The van der Waals surface area contributed by atoms with Gasteiger partial charge in [-0.3, -0.25) is 9.69 Å². The number of nitrogens with one attached hydrogen (secondary N) is 1. The summed E-state index contributed by atoms with van der Waals surface area (Å²) in [6.07, 6.45) is 1.81. The van der Waals surface area contributed by atoms with Crippen LogP contribution in [0.15, 0.2) is 42.5 Å². The molecule has 0 saturated carbocycles. The van der Waals surface area contributed by atoms with Crippen molar-refractivity contribution in [2.45, 2.75) is 26.7 Å². The van der Waals surface area contributed by atoms with Crippen LogP contribution in [-0.4, -0.2) is 43.5 Å². The van der Waals surface area contributed by atoms with Crippen molar-refractivity contribution in [3.63, 3.8) is 0 Å². The molecule has 1 aliphatic rings. The molecule has 0 unspecified atom stereocenters. The molecule has 0 spiro atoms. The van der Waals surface area contributed by atoms with Crippen LogP contribution in [0.4, 0.5) is 15.8 Å². The zero-order valence-corrected chi connectivity index (χ0v) is 16.2. The maximum Gasteiger partial charge on any atom is 0.238 e. The van der Waals surface area contributed by atoms with E-state index < -0.39 is 0 Å². The lowest BCUT2D eigenvalue weighted by Gasteiger charge is -2.35. The normalized spacial score (nSPS) is 15.0. The fourth-order valence-corrected chi connectivity index (χ4v) is 3.60. The van der Waals surface area contributed by atoms with Crippen LogP contribution in [0, 0.1) is 5.82 Å². The van der Waals surface area contributed by atoms with E-state index >= 15 is 0 Å². The molecule has 1 saturated heterocycles. The maximum absolute atomic E-state index is 13.1. The molecule has 1 aliphatic heterocycles. The van der Waals surface area contributed by atoms with Gasteiger partial charge < -0.3 is 10.2 Å². The topological polar surface area (TPSA) is 35.6 Å². The Labute approximate surface area is 161 Å². The van der Waals surface area contributed by atoms with E-state index in [0.29, 0.717) is 6.54 Å². The number of benzene rings is 2. The number of anilines is 2. The predicted molar refractivity (Wildman–Crippen MR) is 109 cm³/mol. The molecule has 4 nitrogen and oxygen atoms in total. The molecule has 0 aromatic heterocycles. The fourth-order valence-electron chi connectivity index (χ4n) is 3.60. The number of hydrogen-bond acceptors (Lipinski definition) is 3. The molecular formula is C22H28FN3O. The van der Waals surface area contributed by atoms with Gasteiger partial charge in [0, 0.05) is 37.6 Å². The van der Waals surface area contributed by atoms with Crippen molar-refractivity contribution in [1.29, 1.82) is 0 Å². The summed E-state index contributed by atoms with van der Waals surface area (Å²) in [5.74, 6) is -0.173. The van der Waals surface area contributed by atoms with E-state index in [-0.39, 0.29) is 11.7 Å². The molecule has 144 valence electrons. The van der Waals surface area contributed by atoms with Crippen LogP contribution >= 0.6 is 0 Å². The minimum absolute atomic E-state index is 0.0424. The summed E-state index contributed by atoms with van der Waals surface area (Å²) in [5.41, 5.74) is 4.38. The van der Waals surface area contributed by atoms with Gasteiger partial charge in [0.15, 0.2) is 0 Å². The third kappa shape index (κ3) is 4.86. The summed E-state index contributed by atoms with van der Waals surface area (Å²) in [5, 5.41) is 3.14. The number of halogens is 1. The number of aryl methyl sites for hydroxylation is 2. The number of amides is 1. The van der Waals surface area contributed by atoms with Crippen molar-refractivity contribution >= 4 is 17.3 Å². The zero-order valence-electron chi connectivity index (χ0n) is 16.2. The molecule has 1 fully saturated rings. The predicted octanol–water partition coefficient (Wildman–Crippen LogP) is 3.71. The van der Waals surface area contributed by atoms with Crippen molar-refractivity contribution in [2.24, 2.45) is 0 Å². The van der Waals surface area contributed by atoms with Gasteiger partial charge in [0.2, 0.25) is 5.91 Å². The van der Waals surface area contributed by atoms with E-state index in [4.69, 9.17) is 0 Å². The highest BCUT2D eigenvalue weighted by atomic mass is 19.1. The minimum Gasteiger partial charge on any atom is -0.369 e. The molecule has 2 aromatic carbocycles. The van der Waals surface area contributed by atoms with Crippen LogP contribution in [0.1, 0.15) is 25.0 Å². The molecule has 0 radical (unpaired) electrons. The van der Waals surface area contributed by atoms with Gasteiger partial charge >= 0.3 is 0 Å². The van der Waals surface area contributed by atoms with Crippen molar-refractivity contribution in [3.8, 4) is 0 Å². The van der Waals surface area contributed by atoms with Crippen LogP contribution in [0.25, 0.3) is 0 Å². The SMILES string of the molecule is CCc1cccc(CC)c1NC(=O)CN1CCN(c2ccc(F)cc2)CC1. The third-order valence-corrected chi connectivity index (χ3v) is 5.19. The standard InChI is InChI=1S/C22H28FN3O/c1-3-17-6-5-7-18(4-2)22(17)24-21(27)16-25-12-14-26(15-13-25)20-10-8-19(23)9-11-20/h5-11H,3-4,12-16H2,1-2H3,(H,24,27). The van der Waals surface area contributed by atoms with Crippen molar-refractivity contribution in [1.82, 2.24) is 4.90 Å². The molecule has 0 atom stereocenters. The number of piperazine rings is 1. The van der Waals surface area contributed by atoms with Gasteiger partial charge in [-0.05, 0) is 48.2 Å². The Morgan fingerprint density at radius 3 is 2.11 bits per heavy atom. The lowest BCUT2D eigenvalue weighted by molar-refractivity contribution is -0.117. The third-order valence-electron chi connectivity index (χ3n) is 5.19. The summed E-state index contributed by atoms with van der Waals surface area (Å²) >= 11 is 0. The van der Waals surface area contributed by atoms with E-state index in [1.54, 1.807) is 0 Å². The first-order valence-electron chi connectivity index (χ1n) is 9.74. The summed E-state index contributed by atoms with van der Waals surface area (Å²) in [4.78, 5) is 17.0. The number of carbonyl (C=O) groups excluding carboxylic acids is 1. The lowest BCUT2D eigenvalue weighted by atomic mass is 10.0. The summed E-state index contributed by atoms with van der Waals surface area (Å²) in [7, 11) is 0. The van der Waals surface area contributed by atoms with Crippen LogP contribution in [0.2, 0.25) is 0 Å². The van der Waals surface area contributed by atoms with Gasteiger partial charge in [-0.15, -0.1) is 0 Å². The molecule has 2 aromatic rings. The first-order chi connectivity index (χ1) is 13.1. The number of para-hydroxylation sites is 1. The van der Waals surface area contributed by atoms with Gasteiger partial charge in [0.1, 0.15) is 5.82 Å². The van der Waals surface area contributed by atoms with Crippen molar-refractivity contribution in [3.05, 3.63) is 59.4 Å². The van der Waals surface area contributed by atoms with Crippen molar-refractivity contribution < 1.29 is 9.18 Å². The molecule has 0 aliphatic carbocycles. The van der Waals surface area contributed by atoms with Gasteiger partial charge in [-0.2, -0.15) is 0 Å². The zero-order chi connectivity index (χ0) is 19.2. The summed E-state index contributed by atoms with van der Waals surface area (Å²) in [6.45, 7) is 7.94. The molecule has 3 rings (SSSR count). The number of nitrogens with zero attached hydrogens (tertiary/aromatic N) is 2. The number of rotatable bonds is 6. The Morgan fingerprint density at radius 1 is 0.963 bits per heavy atom. The Hall–Kier alpha value is -2.40. The first kappa shape index (κ1) is 19.4. The average Bonchev–Trinajstić information content (AvgIpc) is 2.69. The molecule has 0 bridgehead atoms. The molecule has 1 N–H and O–H groups in total. The number of hydrogen-bond donors (Lipinski definition) is 1. The maximum atomic E-state index is 13.1. The number of carbonyl (C=O) groups is 1. The molecule has 27 heavy (non-hydrogen) atoms. The van der Waals surface area contributed by atoms with Gasteiger partial charge in [0.25, 0.3) is 0 Å². The van der Waals surface area contributed by atoms with E-state index in [2.05, 4.69) is 47.2 Å². The highest BCUT2D eigenvalue weighted by molar-refractivity contribution is 5.93. The van der Waals surface area contributed by atoms with Crippen LogP contribution < -0.4 is 10.2 Å². The van der Waals surface area contributed by atoms with Crippen LogP contribution in [0.5, 0.6) is 0 Å². The van der Waals surface area contributed by atoms with E-state index in [1.165, 1.54) is 23.3 Å². The smallest absolute Gasteiger partial charge is 0.238 e. The summed E-state index contributed by atoms with van der Waals surface area (Å²) < 4.78 is 13.1. The highest BCUT2D eigenvalue weighted by Crippen LogP contribution is 2.23. The monoisotopic (exact) mass is 369 g/mol. The van der Waals surface area contributed by atoms with Gasteiger partial charge in [0.05, 0.1) is 6.54 Å². The lowest BCUT2D eigenvalue weighted by Crippen LogP contribution is -2.48.